The first-order valence-corrected chi connectivity index (χ1v) is 6.81. The Morgan fingerprint density at radius 1 is 1.47 bits per heavy atom. The number of nitrogens with one attached hydrogen (secondary N) is 1. The molecule has 1 aliphatic carbocycles. The topological polar surface area (TPSA) is 65.7 Å². The van der Waals surface area contributed by atoms with Crippen LogP contribution in [0.25, 0.3) is 0 Å². The summed E-state index contributed by atoms with van der Waals surface area (Å²) in [4.78, 5) is 13.5. The van der Waals surface area contributed by atoms with Gasteiger partial charge in [-0.2, -0.15) is 0 Å². The van der Waals surface area contributed by atoms with E-state index in [1.54, 1.807) is 13.1 Å². The zero-order valence-electron chi connectivity index (χ0n) is 11.6. The summed E-state index contributed by atoms with van der Waals surface area (Å²) in [5, 5.41) is 12.5. The van der Waals surface area contributed by atoms with Crippen LogP contribution < -0.4 is 5.32 Å². The van der Waals surface area contributed by atoms with Gasteiger partial charge in [-0.25, -0.2) is 0 Å². The minimum Gasteiger partial charge on any atom is -0.455 e. The average Bonchev–Trinajstić information content (AvgIpc) is 2.86. The van der Waals surface area contributed by atoms with Crippen molar-refractivity contribution in [1.29, 1.82) is 0 Å². The van der Waals surface area contributed by atoms with Gasteiger partial charge in [-0.3, -0.25) is 9.69 Å². The van der Waals surface area contributed by atoms with Crippen molar-refractivity contribution in [3.63, 3.8) is 0 Å². The number of aliphatic hydroxyl groups is 1. The summed E-state index contributed by atoms with van der Waals surface area (Å²) < 4.78 is 5.50. The highest BCUT2D eigenvalue weighted by Crippen LogP contribution is 2.23. The van der Waals surface area contributed by atoms with E-state index < -0.39 is 0 Å². The highest BCUT2D eigenvalue weighted by molar-refractivity contribution is 5.91. The van der Waals surface area contributed by atoms with E-state index in [-0.39, 0.29) is 18.1 Å². The van der Waals surface area contributed by atoms with Gasteiger partial charge < -0.3 is 14.8 Å². The summed E-state index contributed by atoms with van der Waals surface area (Å²) in [6.45, 7) is 0.610. The molecule has 0 aromatic carbocycles. The lowest BCUT2D eigenvalue weighted by Gasteiger charge is -2.34. The fourth-order valence-corrected chi connectivity index (χ4v) is 2.68. The van der Waals surface area contributed by atoms with Crippen molar-refractivity contribution in [2.75, 3.05) is 14.1 Å². The summed E-state index contributed by atoms with van der Waals surface area (Å²) in [6, 6.07) is 3.68. The number of amides is 1. The summed E-state index contributed by atoms with van der Waals surface area (Å²) >= 11 is 0. The smallest absolute Gasteiger partial charge is 0.286 e. The summed E-state index contributed by atoms with van der Waals surface area (Å²) in [5.41, 5.74) is 0. The molecular formula is C14H22N2O3. The van der Waals surface area contributed by atoms with Crippen molar-refractivity contribution >= 4 is 5.91 Å². The molecule has 1 saturated carbocycles. The Hall–Kier alpha value is -1.33. The Morgan fingerprint density at radius 3 is 2.89 bits per heavy atom. The SMILES string of the molecule is CNC(=O)c1ccc(CN(C)[C@H]2CCCC[C@@H]2O)o1. The van der Waals surface area contributed by atoms with Crippen molar-refractivity contribution in [3.05, 3.63) is 23.7 Å². The molecule has 1 fully saturated rings. The van der Waals surface area contributed by atoms with E-state index in [9.17, 15) is 9.90 Å². The van der Waals surface area contributed by atoms with Crippen LogP contribution in [0, 0.1) is 0 Å². The molecule has 19 heavy (non-hydrogen) atoms. The van der Waals surface area contributed by atoms with Gasteiger partial charge in [0, 0.05) is 13.1 Å². The molecular weight excluding hydrogens is 244 g/mol. The lowest BCUT2D eigenvalue weighted by Crippen LogP contribution is -2.42. The van der Waals surface area contributed by atoms with Gasteiger partial charge in [-0.1, -0.05) is 12.8 Å². The van der Waals surface area contributed by atoms with Crippen molar-refractivity contribution in [2.24, 2.45) is 0 Å². The number of carbonyl (C=O) groups excluding carboxylic acids is 1. The van der Waals surface area contributed by atoms with E-state index in [0.29, 0.717) is 12.3 Å². The third-order valence-electron chi connectivity index (χ3n) is 3.78. The molecule has 0 radical (unpaired) electrons. The number of rotatable bonds is 4. The van der Waals surface area contributed by atoms with Crippen LogP contribution in [0.4, 0.5) is 0 Å². The fourth-order valence-electron chi connectivity index (χ4n) is 2.68. The van der Waals surface area contributed by atoms with Gasteiger partial charge in [-0.05, 0) is 32.0 Å². The number of hydrogen-bond acceptors (Lipinski definition) is 4. The zero-order chi connectivity index (χ0) is 13.8. The molecule has 2 N–H and O–H groups in total. The Morgan fingerprint density at radius 2 is 2.21 bits per heavy atom. The third-order valence-corrected chi connectivity index (χ3v) is 3.78. The lowest BCUT2D eigenvalue weighted by molar-refractivity contribution is 0.0261. The van der Waals surface area contributed by atoms with Gasteiger partial charge in [-0.15, -0.1) is 0 Å². The molecule has 1 aromatic rings. The molecule has 0 aliphatic heterocycles. The van der Waals surface area contributed by atoms with E-state index >= 15 is 0 Å². The van der Waals surface area contributed by atoms with Gasteiger partial charge in [0.05, 0.1) is 12.6 Å². The van der Waals surface area contributed by atoms with Crippen LogP contribution in [0.3, 0.4) is 0 Å². The molecule has 1 aromatic heterocycles. The minimum absolute atomic E-state index is 0.183. The number of aliphatic hydroxyl groups excluding tert-OH is 1. The highest BCUT2D eigenvalue weighted by atomic mass is 16.4. The largest absolute Gasteiger partial charge is 0.455 e. The Bertz CT molecular complexity index is 430. The molecule has 0 unspecified atom stereocenters. The predicted octanol–water partition coefficient (Wildman–Crippen LogP) is 1.37. The quantitative estimate of drug-likeness (QED) is 0.864. The Labute approximate surface area is 113 Å². The second kappa shape index (κ2) is 6.21. The number of nitrogens with zero attached hydrogens (tertiary/aromatic N) is 1. The van der Waals surface area contributed by atoms with Crippen LogP contribution in [0.2, 0.25) is 0 Å². The first-order chi connectivity index (χ1) is 9.11. The molecule has 1 aliphatic rings. The first-order valence-electron chi connectivity index (χ1n) is 6.81. The van der Waals surface area contributed by atoms with Gasteiger partial charge in [0.2, 0.25) is 0 Å². The monoisotopic (exact) mass is 266 g/mol. The van der Waals surface area contributed by atoms with Crippen LogP contribution in [0.15, 0.2) is 16.5 Å². The first kappa shape index (κ1) is 14.1. The van der Waals surface area contributed by atoms with Gasteiger partial charge in [0.1, 0.15) is 5.76 Å². The van der Waals surface area contributed by atoms with Crippen molar-refractivity contribution < 1.29 is 14.3 Å². The third kappa shape index (κ3) is 3.36. The summed E-state index contributed by atoms with van der Waals surface area (Å²) in [5.74, 6) is 0.862. The molecule has 0 spiro atoms. The standard InChI is InChI=1S/C14H22N2O3/c1-15-14(18)13-8-7-10(19-13)9-16(2)11-5-3-4-6-12(11)17/h7-8,11-12,17H,3-6,9H2,1-2H3,(H,15,18)/t11-,12-/m0/s1. The van der Waals surface area contributed by atoms with Gasteiger partial charge in [0.15, 0.2) is 5.76 Å². The average molecular weight is 266 g/mol. The molecule has 2 rings (SSSR count). The molecule has 106 valence electrons. The fraction of sp³-hybridized carbons (Fsp3) is 0.643. The summed E-state index contributed by atoms with van der Waals surface area (Å²) in [7, 11) is 3.57. The molecule has 1 amide bonds. The molecule has 5 heteroatoms. The maximum Gasteiger partial charge on any atom is 0.286 e. The second-order valence-corrected chi connectivity index (χ2v) is 5.18. The van der Waals surface area contributed by atoms with Crippen LogP contribution in [0.1, 0.15) is 42.0 Å². The lowest BCUT2D eigenvalue weighted by atomic mass is 9.91. The highest BCUT2D eigenvalue weighted by Gasteiger charge is 2.27. The minimum atomic E-state index is -0.257. The maximum absolute atomic E-state index is 11.4. The number of hydrogen-bond donors (Lipinski definition) is 2. The molecule has 5 nitrogen and oxygen atoms in total. The van der Waals surface area contributed by atoms with Crippen LogP contribution in [-0.2, 0) is 6.54 Å². The van der Waals surface area contributed by atoms with E-state index in [4.69, 9.17) is 4.42 Å². The van der Waals surface area contributed by atoms with Crippen LogP contribution >= 0.6 is 0 Å². The maximum atomic E-state index is 11.4. The molecule has 1 heterocycles. The summed E-state index contributed by atoms with van der Waals surface area (Å²) in [6.07, 6.45) is 3.89. The number of carbonyl (C=O) groups is 1. The Balaban J connectivity index is 1.96. The molecule has 0 saturated heterocycles. The second-order valence-electron chi connectivity index (χ2n) is 5.18. The van der Waals surface area contributed by atoms with E-state index in [1.807, 2.05) is 13.1 Å². The van der Waals surface area contributed by atoms with Crippen molar-refractivity contribution in [3.8, 4) is 0 Å². The van der Waals surface area contributed by atoms with E-state index in [2.05, 4.69) is 10.2 Å². The van der Waals surface area contributed by atoms with Crippen LogP contribution in [-0.4, -0.2) is 42.2 Å². The molecule has 0 bridgehead atoms. The van der Waals surface area contributed by atoms with Crippen molar-refractivity contribution in [2.45, 2.75) is 44.4 Å². The van der Waals surface area contributed by atoms with Crippen LogP contribution in [0.5, 0.6) is 0 Å². The molecule has 2 atom stereocenters. The number of likely N-dealkylation sites (N-methyl/N-ethyl adjacent to an activating group) is 1. The van der Waals surface area contributed by atoms with Crippen molar-refractivity contribution in [1.82, 2.24) is 10.2 Å². The van der Waals surface area contributed by atoms with Gasteiger partial charge in [0.25, 0.3) is 5.91 Å². The zero-order valence-corrected chi connectivity index (χ0v) is 11.6. The van der Waals surface area contributed by atoms with E-state index in [0.717, 1.165) is 31.4 Å². The van der Waals surface area contributed by atoms with Gasteiger partial charge >= 0.3 is 0 Å². The normalized spacial score (nSPS) is 23.6. The Kier molecular flexibility index (Phi) is 4.61. The van der Waals surface area contributed by atoms with E-state index in [1.165, 1.54) is 0 Å². The predicted molar refractivity (Wildman–Crippen MR) is 71.8 cm³/mol. The number of furan rings is 1.